The van der Waals surface area contributed by atoms with Crippen molar-refractivity contribution in [3.63, 3.8) is 0 Å². The van der Waals surface area contributed by atoms with Gasteiger partial charge in [-0.25, -0.2) is 12.7 Å². The maximum Gasteiger partial charge on any atom is 0.287 e. The first kappa shape index (κ1) is 15.0. The number of carbonyl (C=O) groups excluding carboxylic acids is 1. The van der Waals surface area contributed by atoms with Crippen LogP contribution in [0, 0.1) is 5.92 Å². The maximum absolute atomic E-state index is 11.8. The summed E-state index contributed by atoms with van der Waals surface area (Å²) in [5.41, 5.74) is 5.87. The molecule has 1 aromatic heterocycles. The van der Waals surface area contributed by atoms with Crippen molar-refractivity contribution in [1.82, 2.24) is 9.62 Å². The summed E-state index contributed by atoms with van der Waals surface area (Å²) in [5, 5.41) is 2.40. The smallest absolute Gasteiger partial charge is 0.287 e. The van der Waals surface area contributed by atoms with Gasteiger partial charge in [0.15, 0.2) is 5.76 Å². The summed E-state index contributed by atoms with van der Waals surface area (Å²) in [6.07, 6.45) is 2.20. The number of amides is 1. The highest BCUT2D eigenvalue weighted by atomic mass is 32.2. The zero-order valence-electron chi connectivity index (χ0n) is 11.5. The lowest BCUT2D eigenvalue weighted by Gasteiger charge is -2.10. The molecule has 1 aromatic rings. The standard InChI is InChI=1S/C12H19N3O4S/c1-15(2)20(17,18)11-6-5-10(19-11)12(16)14-7-9(13)8-3-4-8/h5-6,8-9H,3-4,7,13H2,1-2H3,(H,14,16). The van der Waals surface area contributed by atoms with Crippen molar-refractivity contribution in [3.05, 3.63) is 17.9 Å². The predicted molar refractivity (Wildman–Crippen MR) is 72.6 cm³/mol. The summed E-state index contributed by atoms with van der Waals surface area (Å²) >= 11 is 0. The Kier molecular flexibility index (Phi) is 4.17. The van der Waals surface area contributed by atoms with E-state index >= 15 is 0 Å². The Morgan fingerprint density at radius 3 is 2.70 bits per heavy atom. The van der Waals surface area contributed by atoms with E-state index in [9.17, 15) is 13.2 Å². The molecular weight excluding hydrogens is 282 g/mol. The lowest BCUT2D eigenvalue weighted by molar-refractivity contribution is 0.0917. The van der Waals surface area contributed by atoms with E-state index in [1.54, 1.807) is 0 Å². The molecule has 2 rings (SSSR count). The Morgan fingerprint density at radius 2 is 2.15 bits per heavy atom. The van der Waals surface area contributed by atoms with Gasteiger partial charge in [-0.05, 0) is 30.9 Å². The minimum absolute atomic E-state index is 0.0339. The van der Waals surface area contributed by atoms with Crippen LogP contribution in [0.5, 0.6) is 0 Å². The molecule has 1 fully saturated rings. The van der Waals surface area contributed by atoms with Crippen molar-refractivity contribution in [3.8, 4) is 0 Å². The molecule has 8 heteroatoms. The van der Waals surface area contributed by atoms with E-state index in [-0.39, 0.29) is 16.9 Å². The molecule has 1 aliphatic carbocycles. The molecule has 1 aliphatic rings. The third-order valence-corrected chi connectivity index (χ3v) is 4.96. The third kappa shape index (κ3) is 3.20. The van der Waals surface area contributed by atoms with E-state index in [1.807, 2.05) is 0 Å². The number of nitrogens with zero attached hydrogens (tertiary/aromatic N) is 1. The zero-order chi connectivity index (χ0) is 14.9. The van der Waals surface area contributed by atoms with Crippen LogP contribution >= 0.6 is 0 Å². The summed E-state index contributed by atoms with van der Waals surface area (Å²) in [6, 6.07) is 2.55. The van der Waals surface area contributed by atoms with Crippen LogP contribution in [0.1, 0.15) is 23.4 Å². The van der Waals surface area contributed by atoms with Gasteiger partial charge in [-0.3, -0.25) is 4.79 Å². The number of furan rings is 1. The fourth-order valence-corrected chi connectivity index (χ4v) is 2.54. The largest absolute Gasteiger partial charge is 0.438 e. The van der Waals surface area contributed by atoms with Gasteiger partial charge in [0, 0.05) is 26.7 Å². The zero-order valence-corrected chi connectivity index (χ0v) is 12.3. The Hall–Kier alpha value is -1.38. The van der Waals surface area contributed by atoms with E-state index in [2.05, 4.69) is 5.32 Å². The minimum Gasteiger partial charge on any atom is -0.438 e. The number of nitrogens with two attached hydrogens (primary N) is 1. The van der Waals surface area contributed by atoms with Crippen molar-refractivity contribution < 1.29 is 17.6 Å². The van der Waals surface area contributed by atoms with E-state index in [4.69, 9.17) is 10.2 Å². The van der Waals surface area contributed by atoms with Crippen LogP contribution in [-0.4, -0.2) is 45.3 Å². The molecule has 0 bridgehead atoms. The first-order chi connectivity index (χ1) is 9.32. The second-order valence-electron chi connectivity index (χ2n) is 5.12. The summed E-state index contributed by atoms with van der Waals surface area (Å²) in [4.78, 5) is 11.8. The van der Waals surface area contributed by atoms with Gasteiger partial charge >= 0.3 is 0 Å². The summed E-state index contributed by atoms with van der Waals surface area (Å²) in [6.45, 7) is 0.361. The van der Waals surface area contributed by atoms with Crippen LogP contribution in [0.25, 0.3) is 0 Å². The van der Waals surface area contributed by atoms with Gasteiger partial charge in [0.2, 0.25) is 5.09 Å². The highest BCUT2D eigenvalue weighted by Gasteiger charge is 2.29. The van der Waals surface area contributed by atoms with Gasteiger partial charge in [0.25, 0.3) is 15.9 Å². The van der Waals surface area contributed by atoms with Crippen LogP contribution in [0.4, 0.5) is 0 Å². The average Bonchev–Trinajstić information content (AvgIpc) is 3.11. The van der Waals surface area contributed by atoms with E-state index in [0.717, 1.165) is 17.1 Å². The fraction of sp³-hybridized carbons (Fsp3) is 0.583. The van der Waals surface area contributed by atoms with Gasteiger partial charge in [-0.2, -0.15) is 0 Å². The molecule has 1 atom stereocenters. The Balaban J connectivity index is 1.99. The molecule has 0 aromatic carbocycles. The SMILES string of the molecule is CN(C)S(=O)(=O)c1ccc(C(=O)NCC(N)C2CC2)o1. The number of nitrogens with one attached hydrogen (secondary N) is 1. The number of sulfonamides is 1. The molecule has 112 valence electrons. The highest BCUT2D eigenvalue weighted by Crippen LogP contribution is 2.31. The van der Waals surface area contributed by atoms with Crippen molar-refractivity contribution in [2.45, 2.75) is 24.0 Å². The van der Waals surface area contributed by atoms with Crippen molar-refractivity contribution in [1.29, 1.82) is 0 Å². The molecule has 0 spiro atoms. The molecule has 3 N–H and O–H groups in total. The Bertz CT molecular complexity index is 590. The molecular formula is C12H19N3O4S. The third-order valence-electron chi connectivity index (χ3n) is 3.27. The van der Waals surface area contributed by atoms with Crippen LogP contribution in [0.15, 0.2) is 21.6 Å². The number of carbonyl (C=O) groups is 1. The first-order valence-corrected chi connectivity index (χ1v) is 7.82. The highest BCUT2D eigenvalue weighted by molar-refractivity contribution is 7.88. The van der Waals surface area contributed by atoms with E-state index < -0.39 is 15.9 Å². The lowest BCUT2D eigenvalue weighted by Crippen LogP contribution is -2.38. The number of hydrogen-bond donors (Lipinski definition) is 2. The van der Waals surface area contributed by atoms with Crippen LogP contribution in [0.2, 0.25) is 0 Å². The molecule has 1 amide bonds. The normalized spacial score (nSPS) is 17.2. The van der Waals surface area contributed by atoms with Gasteiger partial charge < -0.3 is 15.5 Å². The summed E-state index contributed by atoms with van der Waals surface area (Å²) in [7, 11) is -0.872. The van der Waals surface area contributed by atoms with Crippen molar-refractivity contribution in [2.24, 2.45) is 11.7 Å². The molecule has 1 heterocycles. The summed E-state index contributed by atoms with van der Waals surface area (Å²) < 4.78 is 29.7. The topological polar surface area (TPSA) is 106 Å². The van der Waals surface area contributed by atoms with Crippen molar-refractivity contribution >= 4 is 15.9 Å². The Morgan fingerprint density at radius 1 is 1.50 bits per heavy atom. The van der Waals surface area contributed by atoms with Gasteiger partial charge in [0.05, 0.1) is 0 Å². The molecule has 1 saturated carbocycles. The number of hydrogen-bond acceptors (Lipinski definition) is 5. The molecule has 0 saturated heterocycles. The molecule has 1 unspecified atom stereocenters. The fourth-order valence-electron chi connectivity index (χ4n) is 1.75. The minimum atomic E-state index is -3.66. The van der Waals surface area contributed by atoms with E-state index in [1.165, 1.54) is 26.2 Å². The van der Waals surface area contributed by atoms with Crippen molar-refractivity contribution in [2.75, 3.05) is 20.6 Å². The molecule has 7 nitrogen and oxygen atoms in total. The van der Waals surface area contributed by atoms with Crippen LogP contribution < -0.4 is 11.1 Å². The lowest BCUT2D eigenvalue weighted by atomic mass is 10.2. The van der Waals surface area contributed by atoms with Gasteiger partial charge in [-0.1, -0.05) is 0 Å². The monoisotopic (exact) mass is 301 g/mol. The predicted octanol–water partition coefficient (Wildman–Crippen LogP) is -0.00300. The van der Waals surface area contributed by atoms with E-state index in [0.29, 0.717) is 12.5 Å². The number of rotatable bonds is 6. The molecule has 0 radical (unpaired) electrons. The van der Waals surface area contributed by atoms with Gasteiger partial charge in [0.1, 0.15) is 0 Å². The molecule has 20 heavy (non-hydrogen) atoms. The average molecular weight is 301 g/mol. The quantitative estimate of drug-likeness (QED) is 0.769. The molecule has 0 aliphatic heterocycles. The van der Waals surface area contributed by atoms with Crippen LogP contribution in [-0.2, 0) is 10.0 Å². The maximum atomic E-state index is 11.8. The van der Waals surface area contributed by atoms with Crippen LogP contribution in [0.3, 0.4) is 0 Å². The second kappa shape index (κ2) is 5.55. The Labute approximate surface area is 118 Å². The first-order valence-electron chi connectivity index (χ1n) is 6.38. The summed E-state index contributed by atoms with van der Waals surface area (Å²) in [5.74, 6) is -0.00805. The van der Waals surface area contributed by atoms with Gasteiger partial charge in [-0.15, -0.1) is 0 Å². The second-order valence-corrected chi connectivity index (χ2v) is 7.20.